The maximum absolute atomic E-state index is 12.5. The fraction of sp³-hybridized carbons (Fsp3) is 0.412. The lowest BCUT2D eigenvalue weighted by molar-refractivity contribution is -0.120. The van der Waals surface area contributed by atoms with Crippen LogP contribution in [-0.4, -0.2) is 15.3 Å². The van der Waals surface area contributed by atoms with Gasteiger partial charge in [-0.05, 0) is 35.8 Å². The van der Waals surface area contributed by atoms with E-state index in [1.165, 1.54) is 17.5 Å². The minimum atomic E-state index is 0.232. The summed E-state index contributed by atoms with van der Waals surface area (Å²) in [5.74, 6) is 2.54. The molecule has 0 radical (unpaired) electrons. The molecule has 0 N–H and O–H groups in total. The molecular formula is C17H18N2O. The number of rotatable bonds is 3. The summed E-state index contributed by atoms with van der Waals surface area (Å²) in [5.41, 5.74) is 2.86. The van der Waals surface area contributed by atoms with Crippen LogP contribution in [0.4, 0.5) is 0 Å². The van der Waals surface area contributed by atoms with Gasteiger partial charge in [0.2, 0.25) is 0 Å². The summed E-state index contributed by atoms with van der Waals surface area (Å²) >= 11 is 0. The molecule has 1 aromatic carbocycles. The van der Waals surface area contributed by atoms with Gasteiger partial charge in [0.1, 0.15) is 11.6 Å². The lowest BCUT2D eigenvalue weighted by Crippen LogP contribution is -2.11. The summed E-state index contributed by atoms with van der Waals surface area (Å²) in [6.45, 7) is 0. The topological polar surface area (TPSA) is 34.9 Å². The van der Waals surface area contributed by atoms with Gasteiger partial charge in [-0.2, -0.15) is 0 Å². The maximum atomic E-state index is 12.5. The van der Waals surface area contributed by atoms with E-state index in [4.69, 9.17) is 0 Å². The monoisotopic (exact) mass is 266 g/mol. The number of Topliss-reactive ketones (excluding diaryl/α,β-unsaturated/α-hetero) is 1. The Bertz CT molecular complexity index is 673. The van der Waals surface area contributed by atoms with Crippen LogP contribution in [0.1, 0.15) is 29.3 Å². The number of imidazole rings is 1. The van der Waals surface area contributed by atoms with Gasteiger partial charge in [-0.1, -0.05) is 24.3 Å². The number of nitrogens with zero attached hydrogens (tertiary/aromatic N) is 2. The molecule has 1 heterocycles. The van der Waals surface area contributed by atoms with E-state index < -0.39 is 0 Å². The standard InChI is InChI=1S/C17H18N2O/c1-19-9-8-18-15(19)10-14(20)17-13-7-6-11-4-2-3-5-12(11)16(13)17/h2-5,8-9,13,16-17H,6-7,10H2,1H3. The fourth-order valence-electron chi connectivity index (χ4n) is 3.85. The minimum absolute atomic E-state index is 0.232. The largest absolute Gasteiger partial charge is 0.338 e. The Hall–Kier alpha value is -1.90. The van der Waals surface area contributed by atoms with Crippen LogP contribution in [0.2, 0.25) is 0 Å². The van der Waals surface area contributed by atoms with Crippen molar-refractivity contribution < 1.29 is 4.79 Å². The van der Waals surface area contributed by atoms with Gasteiger partial charge in [0.15, 0.2) is 0 Å². The van der Waals surface area contributed by atoms with E-state index in [-0.39, 0.29) is 5.92 Å². The number of ketones is 1. The molecule has 0 aliphatic heterocycles. The van der Waals surface area contributed by atoms with Gasteiger partial charge in [-0.15, -0.1) is 0 Å². The second-order valence-electron chi connectivity index (χ2n) is 6.05. The zero-order chi connectivity index (χ0) is 13.7. The van der Waals surface area contributed by atoms with Crippen molar-refractivity contribution in [3.63, 3.8) is 0 Å². The van der Waals surface area contributed by atoms with Crippen molar-refractivity contribution in [3.05, 3.63) is 53.6 Å². The van der Waals surface area contributed by atoms with Crippen molar-refractivity contribution in [1.29, 1.82) is 0 Å². The van der Waals surface area contributed by atoms with Gasteiger partial charge < -0.3 is 4.57 Å². The van der Waals surface area contributed by atoms with Crippen LogP contribution in [0.3, 0.4) is 0 Å². The zero-order valence-corrected chi connectivity index (χ0v) is 11.6. The first kappa shape index (κ1) is 11.9. The van der Waals surface area contributed by atoms with E-state index in [2.05, 4.69) is 29.2 Å². The Kier molecular flexibility index (Phi) is 2.56. The molecule has 4 rings (SSSR count). The third-order valence-corrected chi connectivity index (χ3v) is 4.95. The molecule has 0 bridgehead atoms. The quantitative estimate of drug-likeness (QED) is 0.855. The van der Waals surface area contributed by atoms with Crippen LogP contribution in [0.5, 0.6) is 0 Å². The lowest BCUT2D eigenvalue weighted by atomic mass is 9.92. The average Bonchev–Trinajstić information content (AvgIpc) is 3.09. The van der Waals surface area contributed by atoms with Crippen LogP contribution >= 0.6 is 0 Å². The highest BCUT2D eigenvalue weighted by Gasteiger charge is 2.56. The molecule has 0 saturated heterocycles. The number of carbonyl (C=O) groups is 1. The first-order valence-electron chi connectivity index (χ1n) is 7.32. The first-order chi connectivity index (χ1) is 9.75. The molecular weight excluding hydrogens is 248 g/mol. The Morgan fingerprint density at radius 1 is 1.40 bits per heavy atom. The molecule has 1 aromatic heterocycles. The molecule has 20 heavy (non-hydrogen) atoms. The van der Waals surface area contributed by atoms with E-state index >= 15 is 0 Å². The minimum Gasteiger partial charge on any atom is -0.338 e. The van der Waals surface area contributed by atoms with Crippen LogP contribution in [0.25, 0.3) is 0 Å². The van der Waals surface area contributed by atoms with E-state index in [1.54, 1.807) is 6.20 Å². The molecule has 0 spiro atoms. The molecule has 2 aliphatic rings. The molecule has 0 amide bonds. The Morgan fingerprint density at radius 3 is 3.05 bits per heavy atom. The summed E-state index contributed by atoms with van der Waals surface area (Å²) in [5, 5.41) is 0. The molecule has 1 saturated carbocycles. The number of carbonyl (C=O) groups excluding carboxylic acids is 1. The SMILES string of the molecule is Cn1ccnc1CC(=O)C1C2CCc3ccccc3C21. The van der Waals surface area contributed by atoms with Crippen LogP contribution in [0, 0.1) is 11.8 Å². The van der Waals surface area contributed by atoms with Crippen LogP contribution in [0.15, 0.2) is 36.7 Å². The van der Waals surface area contributed by atoms with Crippen molar-refractivity contribution in [1.82, 2.24) is 9.55 Å². The third-order valence-electron chi connectivity index (χ3n) is 4.95. The summed E-state index contributed by atoms with van der Waals surface area (Å²) < 4.78 is 1.94. The normalized spacial score (nSPS) is 26.8. The number of fused-ring (bicyclic) bond motifs is 3. The number of hydrogen-bond acceptors (Lipinski definition) is 2. The highest BCUT2D eigenvalue weighted by Crippen LogP contribution is 2.60. The summed E-state index contributed by atoms with van der Waals surface area (Å²) in [6, 6.07) is 8.62. The summed E-state index contributed by atoms with van der Waals surface area (Å²) in [4.78, 5) is 16.8. The lowest BCUT2D eigenvalue weighted by Gasteiger charge is -2.13. The number of hydrogen-bond donors (Lipinski definition) is 0. The van der Waals surface area contributed by atoms with Gasteiger partial charge in [0.25, 0.3) is 0 Å². The molecule has 3 heteroatoms. The predicted octanol–water partition coefficient (Wildman–Crippen LogP) is 2.51. The molecule has 3 unspecified atom stereocenters. The van der Waals surface area contributed by atoms with E-state index in [0.717, 1.165) is 12.2 Å². The number of aryl methyl sites for hydroxylation is 2. The average molecular weight is 266 g/mol. The maximum Gasteiger partial charge on any atom is 0.144 e. The van der Waals surface area contributed by atoms with Crippen LogP contribution in [-0.2, 0) is 24.7 Å². The number of aromatic nitrogens is 2. The highest BCUT2D eigenvalue weighted by atomic mass is 16.1. The van der Waals surface area contributed by atoms with Crippen molar-refractivity contribution in [2.75, 3.05) is 0 Å². The van der Waals surface area contributed by atoms with Gasteiger partial charge in [-0.3, -0.25) is 4.79 Å². The smallest absolute Gasteiger partial charge is 0.144 e. The third kappa shape index (κ3) is 1.73. The van der Waals surface area contributed by atoms with E-state index in [9.17, 15) is 4.79 Å². The van der Waals surface area contributed by atoms with Gasteiger partial charge in [0.05, 0.1) is 6.42 Å². The molecule has 102 valence electrons. The Morgan fingerprint density at radius 2 is 2.25 bits per heavy atom. The second-order valence-corrected chi connectivity index (χ2v) is 6.05. The molecule has 2 aliphatic carbocycles. The molecule has 3 atom stereocenters. The fourth-order valence-corrected chi connectivity index (χ4v) is 3.85. The van der Waals surface area contributed by atoms with Gasteiger partial charge >= 0.3 is 0 Å². The predicted molar refractivity (Wildman–Crippen MR) is 76.4 cm³/mol. The summed E-state index contributed by atoms with van der Waals surface area (Å²) in [7, 11) is 1.95. The Balaban J connectivity index is 1.55. The second kappa shape index (κ2) is 4.30. The van der Waals surface area contributed by atoms with Crippen molar-refractivity contribution >= 4 is 5.78 Å². The van der Waals surface area contributed by atoms with Gasteiger partial charge in [-0.25, -0.2) is 4.98 Å². The summed E-state index contributed by atoms with van der Waals surface area (Å²) in [6.07, 6.45) is 6.43. The molecule has 1 fully saturated rings. The van der Waals surface area contributed by atoms with E-state index in [0.29, 0.717) is 24.0 Å². The van der Waals surface area contributed by atoms with Crippen molar-refractivity contribution in [3.8, 4) is 0 Å². The number of benzene rings is 1. The van der Waals surface area contributed by atoms with Gasteiger partial charge in [0, 0.05) is 25.4 Å². The molecule has 2 aromatic rings. The molecule has 3 nitrogen and oxygen atoms in total. The van der Waals surface area contributed by atoms with Crippen molar-refractivity contribution in [2.45, 2.75) is 25.2 Å². The van der Waals surface area contributed by atoms with E-state index in [1.807, 2.05) is 17.8 Å². The highest BCUT2D eigenvalue weighted by molar-refractivity contribution is 5.87. The zero-order valence-electron chi connectivity index (χ0n) is 11.6. The van der Waals surface area contributed by atoms with Crippen molar-refractivity contribution in [2.24, 2.45) is 18.9 Å². The van der Waals surface area contributed by atoms with Crippen LogP contribution < -0.4 is 0 Å². The first-order valence-corrected chi connectivity index (χ1v) is 7.32. The Labute approximate surface area is 118 Å².